The maximum absolute atomic E-state index is 13.2. The number of nitrogens with zero attached hydrogens (tertiary/aromatic N) is 2. The van der Waals surface area contributed by atoms with Crippen LogP contribution in [0.15, 0.2) is 18.2 Å². The summed E-state index contributed by atoms with van der Waals surface area (Å²) in [7, 11) is 2.94. The van der Waals surface area contributed by atoms with Crippen LogP contribution in [0, 0.1) is 20.4 Å². The van der Waals surface area contributed by atoms with Crippen LogP contribution in [-0.2, 0) is 18.0 Å². The van der Waals surface area contributed by atoms with Gasteiger partial charge in [-0.2, -0.15) is 13.2 Å². The molecule has 1 aromatic carbocycles. The third-order valence-electron chi connectivity index (χ3n) is 4.08. The minimum Gasteiger partial charge on any atom is -0.465 e. The normalized spacial score (nSPS) is 11.2. The zero-order valence-electron chi connectivity index (χ0n) is 13.6. The van der Waals surface area contributed by atoms with E-state index in [1.54, 1.807) is 25.5 Å². The molecule has 0 fully saturated rings. The van der Waals surface area contributed by atoms with Crippen molar-refractivity contribution >= 4 is 11.7 Å². The average molecular weight is 336 g/mol. The van der Waals surface area contributed by atoms with Gasteiger partial charge in [-0.05, 0) is 19.4 Å². The van der Waals surface area contributed by atoms with E-state index in [-0.39, 0.29) is 11.1 Å². The number of methoxy groups -OCH3 is 1. The highest BCUT2D eigenvalue weighted by Crippen LogP contribution is 2.41. The van der Waals surface area contributed by atoms with E-state index < -0.39 is 23.4 Å². The summed E-state index contributed by atoms with van der Waals surface area (Å²) in [6.07, 6.45) is -4.65. The molecule has 0 aliphatic heterocycles. The minimum absolute atomic E-state index is 0.219. The van der Waals surface area contributed by atoms with Crippen molar-refractivity contribution in [3.05, 3.63) is 52.1 Å². The Balaban J connectivity index is 2.81. The summed E-state index contributed by atoms with van der Waals surface area (Å²) in [6, 6.07) is 3.44. The number of rotatable bonds is 2. The second-order valence-corrected chi connectivity index (χ2v) is 5.31. The van der Waals surface area contributed by atoms with Crippen molar-refractivity contribution in [3.8, 4) is 11.1 Å². The zero-order valence-corrected chi connectivity index (χ0v) is 13.6. The van der Waals surface area contributed by atoms with E-state index in [9.17, 15) is 18.0 Å². The number of hydrogen-bond acceptors (Lipinski definition) is 2. The summed E-state index contributed by atoms with van der Waals surface area (Å²) in [5.41, 5.74) is 0.554. The van der Waals surface area contributed by atoms with Crippen LogP contribution in [0.2, 0.25) is 0 Å². The van der Waals surface area contributed by atoms with Gasteiger partial charge < -0.3 is 9.30 Å². The number of carbonyl (C=O) groups excluding carboxylic acids is 1. The van der Waals surface area contributed by atoms with Gasteiger partial charge in [0.05, 0.1) is 24.8 Å². The highest BCUT2D eigenvalue weighted by atomic mass is 19.4. The van der Waals surface area contributed by atoms with Gasteiger partial charge in [-0.15, -0.1) is 0 Å². The molecule has 0 radical (unpaired) electrons. The number of aromatic nitrogens is 1. The number of ether oxygens (including phenoxy) is 1. The number of halogens is 3. The van der Waals surface area contributed by atoms with Crippen LogP contribution in [0.1, 0.15) is 27.3 Å². The summed E-state index contributed by atoms with van der Waals surface area (Å²) in [5.74, 6) is -0.617. The fourth-order valence-electron chi connectivity index (χ4n) is 2.67. The molecule has 0 bridgehead atoms. The summed E-state index contributed by atoms with van der Waals surface area (Å²) in [6.45, 7) is 10.3. The molecule has 1 aromatic heterocycles. The van der Waals surface area contributed by atoms with Gasteiger partial charge in [0, 0.05) is 24.0 Å². The van der Waals surface area contributed by atoms with Crippen molar-refractivity contribution in [1.82, 2.24) is 4.57 Å². The van der Waals surface area contributed by atoms with E-state index >= 15 is 0 Å². The number of alkyl halides is 3. The van der Waals surface area contributed by atoms with Crippen molar-refractivity contribution in [2.75, 3.05) is 7.11 Å². The van der Waals surface area contributed by atoms with Crippen molar-refractivity contribution in [2.24, 2.45) is 7.05 Å². The number of esters is 1. The van der Waals surface area contributed by atoms with Gasteiger partial charge in [0.1, 0.15) is 0 Å². The van der Waals surface area contributed by atoms with E-state index in [4.69, 9.17) is 11.3 Å². The molecule has 0 aliphatic carbocycles. The molecule has 0 atom stereocenters. The Morgan fingerprint density at radius 3 is 2.38 bits per heavy atom. The van der Waals surface area contributed by atoms with Crippen molar-refractivity contribution in [3.63, 3.8) is 0 Å². The third kappa shape index (κ3) is 2.75. The van der Waals surface area contributed by atoms with Gasteiger partial charge in [0.15, 0.2) is 5.69 Å². The van der Waals surface area contributed by atoms with Crippen molar-refractivity contribution < 1.29 is 22.7 Å². The summed E-state index contributed by atoms with van der Waals surface area (Å²) >= 11 is 0. The molecule has 0 N–H and O–H groups in total. The molecule has 0 unspecified atom stereocenters. The van der Waals surface area contributed by atoms with Crippen LogP contribution >= 0.6 is 0 Å². The first-order valence-electron chi connectivity index (χ1n) is 6.96. The first kappa shape index (κ1) is 17.6. The van der Waals surface area contributed by atoms with Gasteiger partial charge in [-0.25, -0.2) is 9.64 Å². The predicted molar refractivity (Wildman–Crippen MR) is 82.9 cm³/mol. The molecule has 7 heteroatoms. The average Bonchev–Trinajstić information content (AvgIpc) is 2.77. The van der Waals surface area contributed by atoms with Gasteiger partial charge in [0.2, 0.25) is 0 Å². The smallest absolute Gasteiger partial charge is 0.407 e. The number of hydrogen-bond donors (Lipinski definition) is 0. The molecule has 4 nitrogen and oxygen atoms in total. The highest BCUT2D eigenvalue weighted by Gasteiger charge is 2.34. The van der Waals surface area contributed by atoms with Gasteiger partial charge >= 0.3 is 12.1 Å². The van der Waals surface area contributed by atoms with Crippen LogP contribution in [0.4, 0.5) is 18.9 Å². The van der Waals surface area contributed by atoms with Crippen LogP contribution in [0.5, 0.6) is 0 Å². The lowest BCUT2D eigenvalue weighted by atomic mass is 9.97. The lowest BCUT2D eigenvalue weighted by molar-refractivity contribution is -0.136. The van der Waals surface area contributed by atoms with E-state index in [0.29, 0.717) is 17.0 Å². The Hall–Kier alpha value is -2.75. The maximum atomic E-state index is 13.2. The molecule has 0 saturated heterocycles. The Morgan fingerprint density at radius 2 is 1.88 bits per heavy atom. The summed E-state index contributed by atoms with van der Waals surface area (Å²) < 4.78 is 46.1. The minimum atomic E-state index is -4.65. The van der Waals surface area contributed by atoms with E-state index in [2.05, 4.69) is 4.85 Å². The van der Waals surface area contributed by atoms with Crippen LogP contribution < -0.4 is 0 Å². The van der Waals surface area contributed by atoms with Crippen LogP contribution in [-0.4, -0.2) is 17.6 Å². The highest BCUT2D eigenvalue weighted by molar-refractivity contribution is 6.00. The third-order valence-corrected chi connectivity index (χ3v) is 4.08. The monoisotopic (exact) mass is 336 g/mol. The fraction of sp³-hybridized carbons (Fsp3) is 0.294. The molecular weight excluding hydrogens is 321 g/mol. The molecule has 0 spiro atoms. The van der Waals surface area contributed by atoms with Crippen molar-refractivity contribution in [2.45, 2.75) is 20.0 Å². The Morgan fingerprint density at radius 1 is 1.25 bits per heavy atom. The molecule has 24 heavy (non-hydrogen) atoms. The largest absolute Gasteiger partial charge is 0.465 e. The predicted octanol–water partition coefficient (Wildman–Crippen LogP) is 4.67. The van der Waals surface area contributed by atoms with E-state index in [1.165, 1.54) is 13.2 Å². The van der Waals surface area contributed by atoms with E-state index in [0.717, 1.165) is 12.1 Å². The molecule has 0 amide bonds. The van der Waals surface area contributed by atoms with Gasteiger partial charge in [-0.1, -0.05) is 18.2 Å². The van der Waals surface area contributed by atoms with Gasteiger partial charge in [0.25, 0.3) is 0 Å². The summed E-state index contributed by atoms with van der Waals surface area (Å²) in [5, 5.41) is 0. The Kier molecular flexibility index (Phi) is 4.43. The lowest BCUT2D eigenvalue weighted by Gasteiger charge is -2.12. The second kappa shape index (κ2) is 6.04. The first-order chi connectivity index (χ1) is 11.1. The molecule has 2 rings (SSSR count). The Labute approximate surface area is 137 Å². The van der Waals surface area contributed by atoms with Crippen LogP contribution in [0.25, 0.3) is 16.0 Å². The lowest BCUT2D eigenvalue weighted by Crippen LogP contribution is -2.07. The standard InChI is InChI=1S/C17H15F3N2O2/c1-9-14(15(16(23)24-5)10(2)22(9)4)11-6-7-13(21-3)12(8-11)17(18,19)20/h6-8H,1-2,4-5H3. The molecular formula is C17H15F3N2O2. The SMILES string of the molecule is [C-]#[N+]c1ccc(-c2c(C(=O)OC)c(C)n(C)c2C)cc1C(F)(F)F. The molecule has 126 valence electrons. The van der Waals surface area contributed by atoms with Crippen LogP contribution in [0.3, 0.4) is 0 Å². The molecule has 0 saturated carbocycles. The Bertz CT molecular complexity index is 858. The maximum Gasteiger partial charge on any atom is 0.407 e. The fourth-order valence-corrected chi connectivity index (χ4v) is 2.67. The first-order valence-corrected chi connectivity index (χ1v) is 6.96. The summed E-state index contributed by atoms with van der Waals surface area (Å²) in [4.78, 5) is 15.0. The molecule has 2 aromatic rings. The second-order valence-electron chi connectivity index (χ2n) is 5.31. The number of benzene rings is 1. The van der Waals surface area contributed by atoms with E-state index in [1.807, 2.05) is 0 Å². The quantitative estimate of drug-likeness (QED) is 0.590. The molecule has 1 heterocycles. The molecule has 0 aliphatic rings. The zero-order chi connectivity index (χ0) is 18.2. The van der Waals surface area contributed by atoms with Crippen molar-refractivity contribution in [1.29, 1.82) is 0 Å². The van der Waals surface area contributed by atoms with Gasteiger partial charge in [-0.3, -0.25) is 0 Å². The topological polar surface area (TPSA) is 35.6 Å². The number of carbonyl (C=O) groups is 1.